The second kappa shape index (κ2) is 7.74. The van der Waals surface area contributed by atoms with Gasteiger partial charge in [0.1, 0.15) is 24.7 Å². The molecule has 28 heavy (non-hydrogen) atoms. The first-order chi connectivity index (χ1) is 13.6. The summed E-state index contributed by atoms with van der Waals surface area (Å²) >= 11 is 6.01. The molecule has 6 heteroatoms. The van der Waals surface area contributed by atoms with E-state index in [1.807, 2.05) is 72.8 Å². The first kappa shape index (κ1) is 18.1. The van der Waals surface area contributed by atoms with Crippen LogP contribution in [0, 0.1) is 0 Å². The molecule has 0 spiro atoms. The monoisotopic (exact) mass is 392 g/mol. The van der Waals surface area contributed by atoms with Crippen LogP contribution in [0.3, 0.4) is 0 Å². The van der Waals surface area contributed by atoms with Crippen LogP contribution in [0.1, 0.15) is 5.56 Å². The molecule has 5 nitrogen and oxygen atoms in total. The van der Waals surface area contributed by atoms with Crippen molar-refractivity contribution in [1.29, 1.82) is 0 Å². The number of para-hydroxylation sites is 2. The van der Waals surface area contributed by atoms with Crippen LogP contribution in [0.25, 0.3) is 22.4 Å². The van der Waals surface area contributed by atoms with Gasteiger partial charge in [0.25, 0.3) is 0 Å². The van der Waals surface area contributed by atoms with Crippen molar-refractivity contribution in [2.75, 3.05) is 0 Å². The summed E-state index contributed by atoms with van der Waals surface area (Å²) in [5.41, 5.74) is 3.30. The molecule has 0 unspecified atom stereocenters. The van der Waals surface area contributed by atoms with E-state index in [0.717, 1.165) is 22.2 Å². The summed E-state index contributed by atoms with van der Waals surface area (Å²) in [4.78, 5) is 16.0. The van der Waals surface area contributed by atoms with Crippen molar-refractivity contribution in [1.82, 2.24) is 9.55 Å². The average molecular weight is 393 g/mol. The molecule has 3 aromatic carbocycles. The van der Waals surface area contributed by atoms with E-state index in [0.29, 0.717) is 23.2 Å². The Bertz CT molecular complexity index is 1150. The molecule has 0 fully saturated rings. The molecule has 0 aliphatic rings. The van der Waals surface area contributed by atoms with Gasteiger partial charge in [0.15, 0.2) is 0 Å². The minimum absolute atomic E-state index is 0.163. The lowest BCUT2D eigenvalue weighted by atomic mass is 10.2. The van der Waals surface area contributed by atoms with E-state index in [9.17, 15) is 9.90 Å². The summed E-state index contributed by atoms with van der Waals surface area (Å²) in [5, 5.41) is 9.98. The Hall–Kier alpha value is -3.31. The fourth-order valence-electron chi connectivity index (χ4n) is 3.11. The zero-order chi connectivity index (χ0) is 19.5. The van der Waals surface area contributed by atoms with Crippen molar-refractivity contribution in [3.05, 3.63) is 83.4 Å². The van der Waals surface area contributed by atoms with Crippen LogP contribution in [0.15, 0.2) is 72.8 Å². The first-order valence-corrected chi connectivity index (χ1v) is 9.13. The minimum atomic E-state index is -0.919. The number of hydrogen-bond acceptors (Lipinski definition) is 3. The Morgan fingerprint density at radius 2 is 1.86 bits per heavy atom. The van der Waals surface area contributed by atoms with Gasteiger partial charge >= 0.3 is 5.97 Å². The highest BCUT2D eigenvalue weighted by Gasteiger charge is 2.15. The Morgan fingerprint density at radius 3 is 2.68 bits per heavy atom. The van der Waals surface area contributed by atoms with Crippen LogP contribution >= 0.6 is 11.6 Å². The summed E-state index contributed by atoms with van der Waals surface area (Å²) in [5.74, 6) is 0.348. The zero-order valence-corrected chi connectivity index (χ0v) is 15.6. The number of fused-ring (bicyclic) bond motifs is 1. The van der Waals surface area contributed by atoms with Gasteiger partial charge in [-0.05, 0) is 42.0 Å². The second-order valence-electron chi connectivity index (χ2n) is 6.35. The molecule has 0 radical (unpaired) electrons. The number of ether oxygens (including phenoxy) is 1. The predicted octanol–water partition coefficient (Wildman–Crippen LogP) is 5.02. The van der Waals surface area contributed by atoms with E-state index in [2.05, 4.69) is 4.98 Å². The van der Waals surface area contributed by atoms with Gasteiger partial charge < -0.3 is 14.4 Å². The van der Waals surface area contributed by atoms with Gasteiger partial charge in [-0.15, -0.1) is 0 Å². The van der Waals surface area contributed by atoms with Crippen LogP contribution in [0.5, 0.6) is 5.75 Å². The molecule has 1 heterocycles. The number of rotatable bonds is 6. The molecule has 4 aromatic rings. The van der Waals surface area contributed by atoms with E-state index in [-0.39, 0.29) is 6.54 Å². The summed E-state index contributed by atoms with van der Waals surface area (Å²) < 4.78 is 7.59. The fourth-order valence-corrected chi connectivity index (χ4v) is 3.32. The fraction of sp³-hybridized carbons (Fsp3) is 0.0909. The third-order valence-electron chi connectivity index (χ3n) is 4.33. The summed E-state index contributed by atoms with van der Waals surface area (Å²) in [6.07, 6.45) is 0. The van der Waals surface area contributed by atoms with E-state index >= 15 is 0 Å². The lowest BCUT2D eigenvalue weighted by Crippen LogP contribution is -2.10. The maximum absolute atomic E-state index is 11.4. The van der Waals surface area contributed by atoms with E-state index in [4.69, 9.17) is 16.3 Å². The predicted molar refractivity (Wildman–Crippen MR) is 109 cm³/mol. The smallest absolute Gasteiger partial charge is 0.323 e. The molecule has 140 valence electrons. The molecule has 0 aliphatic carbocycles. The number of nitrogens with zero attached hydrogens (tertiary/aromatic N) is 2. The zero-order valence-electron chi connectivity index (χ0n) is 14.9. The number of imidazole rings is 1. The number of carboxylic acids is 1. The lowest BCUT2D eigenvalue weighted by molar-refractivity contribution is -0.137. The Labute approximate surface area is 166 Å². The summed E-state index contributed by atoms with van der Waals surface area (Å²) in [6.45, 7) is 0.221. The van der Waals surface area contributed by atoms with E-state index < -0.39 is 5.97 Å². The number of carboxylic acid groups (broad SMARTS) is 1. The maximum atomic E-state index is 11.4. The van der Waals surface area contributed by atoms with Crippen molar-refractivity contribution in [3.63, 3.8) is 0 Å². The van der Waals surface area contributed by atoms with Crippen molar-refractivity contribution in [3.8, 4) is 17.1 Å². The topological polar surface area (TPSA) is 64.3 Å². The number of hydrogen-bond donors (Lipinski definition) is 1. The molecule has 1 aromatic heterocycles. The van der Waals surface area contributed by atoms with Crippen LogP contribution < -0.4 is 4.74 Å². The molecule has 0 saturated carbocycles. The van der Waals surface area contributed by atoms with Crippen LogP contribution in [-0.2, 0) is 17.9 Å². The number of carbonyl (C=O) groups is 1. The van der Waals surface area contributed by atoms with Gasteiger partial charge in [-0.1, -0.05) is 48.0 Å². The largest absolute Gasteiger partial charge is 0.489 e. The van der Waals surface area contributed by atoms with Crippen molar-refractivity contribution < 1.29 is 14.6 Å². The molecule has 0 saturated heterocycles. The average Bonchev–Trinajstić information content (AvgIpc) is 3.05. The summed E-state index contributed by atoms with van der Waals surface area (Å²) in [6, 6.07) is 22.5. The number of aliphatic carboxylic acids is 1. The highest BCUT2D eigenvalue weighted by atomic mass is 35.5. The molecule has 0 amide bonds. The van der Waals surface area contributed by atoms with Gasteiger partial charge in [0, 0.05) is 10.6 Å². The third-order valence-corrected chi connectivity index (χ3v) is 4.57. The van der Waals surface area contributed by atoms with Gasteiger partial charge in [-0.3, -0.25) is 4.79 Å². The molecule has 0 atom stereocenters. The van der Waals surface area contributed by atoms with Crippen molar-refractivity contribution >= 4 is 28.6 Å². The third kappa shape index (κ3) is 3.85. The first-order valence-electron chi connectivity index (χ1n) is 8.75. The number of benzene rings is 3. The molecule has 0 bridgehead atoms. The maximum Gasteiger partial charge on any atom is 0.323 e. The van der Waals surface area contributed by atoms with Crippen molar-refractivity contribution in [2.24, 2.45) is 0 Å². The minimum Gasteiger partial charge on any atom is -0.489 e. The van der Waals surface area contributed by atoms with E-state index in [1.165, 1.54) is 0 Å². The molecular weight excluding hydrogens is 376 g/mol. The SMILES string of the molecule is O=C(O)Cn1c(-c2cccc(OCc3cccc(Cl)c3)c2)nc2ccccc21. The highest BCUT2D eigenvalue weighted by molar-refractivity contribution is 6.30. The Balaban J connectivity index is 1.66. The highest BCUT2D eigenvalue weighted by Crippen LogP contribution is 2.28. The molecule has 4 rings (SSSR count). The Kier molecular flexibility index (Phi) is 5.00. The lowest BCUT2D eigenvalue weighted by Gasteiger charge is -2.10. The number of aromatic nitrogens is 2. The molecular formula is C22H17ClN2O3. The quantitative estimate of drug-likeness (QED) is 0.500. The Morgan fingerprint density at radius 1 is 1.04 bits per heavy atom. The molecule has 0 aliphatic heterocycles. The van der Waals surface area contributed by atoms with Gasteiger partial charge in [-0.2, -0.15) is 0 Å². The van der Waals surface area contributed by atoms with Crippen LogP contribution in [0.4, 0.5) is 0 Å². The standard InChI is InChI=1S/C22H17ClN2O3/c23-17-7-3-5-15(11-17)14-28-18-8-4-6-16(12-18)22-24-19-9-1-2-10-20(19)25(22)13-21(26)27/h1-12H,13-14H2,(H,26,27). The number of halogens is 1. The van der Waals surface area contributed by atoms with Crippen molar-refractivity contribution in [2.45, 2.75) is 13.2 Å². The van der Waals surface area contributed by atoms with E-state index in [1.54, 1.807) is 4.57 Å². The van der Waals surface area contributed by atoms with Gasteiger partial charge in [0.05, 0.1) is 11.0 Å². The van der Waals surface area contributed by atoms with Crippen LogP contribution in [-0.4, -0.2) is 20.6 Å². The molecule has 1 N–H and O–H groups in total. The van der Waals surface area contributed by atoms with Gasteiger partial charge in [-0.25, -0.2) is 4.98 Å². The summed E-state index contributed by atoms with van der Waals surface area (Å²) in [7, 11) is 0. The van der Waals surface area contributed by atoms with Gasteiger partial charge in [0.2, 0.25) is 0 Å². The van der Waals surface area contributed by atoms with Crippen LogP contribution in [0.2, 0.25) is 5.02 Å². The normalized spacial score (nSPS) is 10.9. The second-order valence-corrected chi connectivity index (χ2v) is 6.79.